The van der Waals surface area contributed by atoms with Crippen LogP contribution in [0.2, 0.25) is 0 Å². The molecule has 1 aliphatic heterocycles. The van der Waals surface area contributed by atoms with Crippen molar-refractivity contribution in [3.8, 4) is 5.75 Å². The van der Waals surface area contributed by atoms with E-state index in [1.165, 1.54) is 34.5 Å². The summed E-state index contributed by atoms with van der Waals surface area (Å²) < 4.78 is 5.39. The molecule has 42 heavy (non-hydrogen) atoms. The Kier molecular flexibility index (Phi) is 9.43. The normalized spacial score (nSPS) is 19.7. The average Bonchev–Trinajstić information content (AvgIpc) is 3.45. The van der Waals surface area contributed by atoms with Crippen LogP contribution in [0.5, 0.6) is 5.75 Å². The fourth-order valence-electron chi connectivity index (χ4n) is 5.53. The number of nitrogens with one attached hydrogen (secondary N) is 2. The smallest absolute Gasteiger partial charge is 0.410 e. The third-order valence-electron chi connectivity index (χ3n) is 7.93. The number of aromatic hydroxyl groups is 1. The van der Waals surface area contributed by atoms with Crippen LogP contribution in [0.25, 0.3) is 0 Å². The number of hydrogen-bond donors (Lipinski definition) is 3. The minimum Gasteiger partial charge on any atom is -0.508 e. The van der Waals surface area contributed by atoms with Crippen LogP contribution in [-0.4, -0.2) is 70.0 Å². The van der Waals surface area contributed by atoms with Gasteiger partial charge in [-0.15, -0.1) is 0 Å². The molecule has 0 aromatic heterocycles. The second-order valence-corrected chi connectivity index (χ2v) is 12.1. The number of nitrogens with zero attached hydrogens (tertiary/aromatic N) is 2. The number of carbonyl (C=O) groups excluding carboxylic acids is 4. The fraction of sp³-hybridized carbons (Fsp3) is 0.500. The predicted molar refractivity (Wildman–Crippen MR) is 157 cm³/mol. The lowest BCUT2D eigenvalue weighted by atomic mass is 9.87. The van der Waals surface area contributed by atoms with Gasteiger partial charge in [0.25, 0.3) is 0 Å². The van der Waals surface area contributed by atoms with Crippen molar-refractivity contribution >= 4 is 23.8 Å². The topological polar surface area (TPSA) is 128 Å². The molecule has 226 valence electrons. The summed E-state index contributed by atoms with van der Waals surface area (Å²) in [4.78, 5) is 56.3. The van der Waals surface area contributed by atoms with Gasteiger partial charge in [0.15, 0.2) is 0 Å². The maximum absolute atomic E-state index is 14.0. The maximum Gasteiger partial charge on any atom is 0.410 e. The highest BCUT2D eigenvalue weighted by Crippen LogP contribution is 2.31. The van der Waals surface area contributed by atoms with Crippen LogP contribution in [-0.2, 0) is 25.5 Å². The number of ether oxygens (including phenoxy) is 1. The number of phenolic OH excluding ortho intramolecular Hbond substituents is 1. The lowest BCUT2D eigenvalue weighted by Gasteiger charge is -2.33. The molecule has 10 nitrogen and oxygen atoms in total. The number of likely N-dealkylation sites (tertiary alicyclic amines) is 1. The summed E-state index contributed by atoms with van der Waals surface area (Å²) in [7, 11) is 1.46. The van der Waals surface area contributed by atoms with E-state index >= 15 is 0 Å². The number of amides is 4. The molecule has 1 fully saturated rings. The van der Waals surface area contributed by atoms with Crippen LogP contribution in [0, 0.1) is 0 Å². The number of likely N-dealkylation sites (N-methyl/N-ethyl adjacent to an activating group) is 1. The van der Waals surface area contributed by atoms with Crippen molar-refractivity contribution in [2.45, 2.75) is 89.6 Å². The van der Waals surface area contributed by atoms with Crippen molar-refractivity contribution in [2.24, 2.45) is 0 Å². The molecule has 10 heteroatoms. The number of benzene rings is 2. The Morgan fingerprint density at radius 3 is 2.40 bits per heavy atom. The zero-order valence-corrected chi connectivity index (χ0v) is 25.1. The van der Waals surface area contributed by atoms with Crippen molar-refractivity contribution in [1.82, 2.24) is 20.4 Å². The first-order valence-corrected chi connectivity index (χ1v) is 14.6. The molecule has 2 aliphatic rings. The van der Waals surface area contributed by atoms with Gasteiger partial charge in [0.1, 0.15) is 29.5 Å². The summed E-state index contributed by atoms with van der Waals surface area (Å²) in [5.74, 6) is -1.19. The van der Waals surface area contributed by atoms with E-state index in [2.05, 4.69) is 16.7 Å². The van der Waals surface area contributed by atoms with E-state index in [0.29, 0.717) is 24.9 Å². The zero-order chi connectivity index (χ0) is 30.6. The Hall–Kier alpha value is -4.08. The molecular weight excluding hydrogens is 536 g/mol. The van der Waals surface area contributed by atoms with Gasteiger partial charge in [-0.1, -0.05) is 36.4 Å². The number of hydrogen-bond acceptors (Lipinski definition) is 6. The first-order valence-electron chi connectivity index (χ1n) is 14.6. The van der Waals surface area contributed by atoms with Crippen molar-refractivity contribution < 1.29 is 29.0 Å². The van der Waals surface area contributed by atoms with Gasteiger partial charge in [0.2, 0.25) is 17.7 Å². The first-order chi connectivity index (χ1) is 19.9. The Morgan fingerprint density at radius 2 is 1.71 bits per heavy atom. The van der Waals surface area contributed by atoms with Crippen molar-refractivity contribution in [3.63, 3.8) is 0 Å². The molecule has 4 rings (SSSR count). The molecule has 0 spiro atoms. The number of rotatable bonds is 7. The van der Waals surface area contributed by atoms with Gasteiger partial charge < -0.3 is 25.4 Å². The Bertz CT molecular complexity index is 1300. The molecule has 2 aromatic rings. The van der Waals surface area contributed by atoms with Crippen LogP contribution in [0.15, 0.2) is 48.5 Å². The quantitative estimate of drug-likeness (QED) is 0.456. The molecule has 3 N–H and O–H groups in total. The second-order valence-electron chi connectivity index (χ2n) is 12.1. The first kappa shape index (κ1) is 30.9. The van der Waals surface area contributed by atoms with Gasteiger partial charge >= 0.3 is 6.09 Å². The highest BCUT2D eigenvalue weighted by Gasteiger charge is 2.40. The Labute approximate surface area is 247 Å². The molecule has 1 heterocycles. The van der Waals surface area contributed by atoms with Gasteiger partial charge in [-0.25, -0.2) is 4.79 Å². The summed E-state index contributed by atoms with van der Waals surface area (Å²) in [6.45, 7) is 7.12. The fourth-order valence-corrected chi connectivity index (χ4v) is 5.53. The molecule has 1 saturated heterocycles. The second kappa shape index (κ2) is 12.8. The summed E-state index contributed by atoms with van der Waals surface area (Å²) in [6.07, 6.45) is 3.28. The highest BCUT2D eigenvalue weighted by molar-refractivity contribution is 5.94. The standard InChI is InChI=1S/C32H42N4O6/c1-20(35(5)31(41)42-32(2,3)4)28(38)34-27(22-15-17-23(37)18-16-22)30(40)36-19-9-14-26(36)29(39)33-25-13-8-11-21-10-6-7-12-24(21)25/h6-7,10,12,15-18,20,25-27,37H,8-9,11,13-14,19H2,1-5H3,(H,33,39)(H,34,38)/t20-,25+,26-,27-/m0/s1. The third-order valence-corrected chi connectivity index (χ3v) is 7.93. The molecule has 0 saturated carbocycles. The maximum atomic E-state index is 14.0. The number of aryl methyl sites for hydroxylation is 1. The van der Waals surface area contributed by atoms with Crippen LogP contribution >= 0.6 is 0 Å². The van der Waals surface area contributed by atoms with Crippen molar-refractivity contribution in [3.05, 3.63) is 65.2 Å². The summed E-state index contributed by atoms with van der Waals surface area (Å²) in [5, 5.41) is 15.8. The van der Waals surface area contributed by atoms with Crippen LogP contribution < -0.4 is 10.6 Å². The Balaban J connectivity index is 1.52. The van der Waals surface area contributed by atoms with Gasteiger partial charge in [-0.3, -0.25) is 19.3 Å². The molecule has 1 aliphatic carbocycles. The van der Waals surface area contributed by atoms with Crippen LogP contribution in [0.3, 0.4) is 0 Å². The van der Waals surface area contributed by atoms with Gasteiger partial charge in [-0.2, -0.15) is 0 Å². The molecular formula is C32H42N4O6. The van der Waals surface area contributed by atoms with Gasteiger partial charge in [0, 0.05) is 13.6 Å². The zero-order valence-electron chi connectivity index (χ0n) is 25.1. The van der Waals surface area contributed by atoms with E-state index in [1.807, 2.05) is 18.2 Å². The third kappa shape index (κ3) is 7.21. The lowest BCUT2D eigenvalue weighted by molar-refractivity contribution is -0.142. The predicted octanol–water partition coefficient (Wildman–Crippen LogP) is 3.99. The van der Waals surface area contributed by atoms with E-state index < -0.39 is 41.6 Å². The molecule has 0 unspecified atom stereocenters. The van der Waals surface area contributed by atoms with E-state index in [4.69, 9.17) is 4.74 Å². The monoisotopic (exact) mass is 578 g/mol. The molecule has 4 amide bonds. The Morgan fingerprint density at radius 1 is 1.02 bits per heavy atom. The summed E-state index contributed by atoms with van der Waals surface area (Å²) in [5.41, 5.74) is 2.06. The average molecular weight is 579 g/mol. The molecule has 0 bridgehead atoms. The van der Waals surface area contributed by atoms with Gasteiger partial charge in [-0.05, 0) is 88.6 Å². The van der Waals surface area contributed by atoms with Gasteiger partial charge in [0.05, 0.1) is 6.04 Å². The minimum atomic E-state index is -1.13. The van der Waals surface area contributed by atoms with Crippen LogP contribution in [0.4, 0.5) is 4.79 Å². The largest absolute Gasteiger partial charge is 0.508 e. The molecule has 4 atom stereocenters. The summed E-state index contributed by atoms with van der Waals surface area (Å²) >= 11 is 0. The van der Waals surface area contributed by atoms with E-state index in [9.17, 15) is 24.3 Å². The number of carbonyl (C=O) groups is 4. The highest BCUT2D eigenvalue weighted by atomic mass is 16.6. The van der Waals surface area contributed by atoms with Crippen molar-refractivity contribution in [2.75, 3.05) is 13.6 Å². The van der Waals surface area contributed by atoms with E-state index in [1.54, 1.807) is 39.8 Å². The molecule has 2 aromatic carbocycles. The number of phenols is 1. The van der Waals surface area contributed by atoms with E-state index in [0.717, 1.165) is 24.8 Å². The van der Waals surface area contributed by atoms with Crippen molar-refractivity contribution in [1.29, 1.82) is 0 Å². The SMILES string of the molecule is C[C@@H](C(=O)N[C@H](C(=O)N1CCC[C@H]1C(=O)N[C@@H]1CCCc2ccccc21)c1ccc(O)cc1)N(C)C(=O)OC(C)(C)C. The molecule has 0 radical (unpaired) electrons. The lowest BCUT2D eigenvalue weighted by Crippen LogP contribution is -2.53. The van der Waals surface area contributed by atoms with Crippen LogP contribution in [0.1, 0.15) is 82.2 Å². The number of fused-ring (bicyclic) bond motifs is 1. The summed E-state index contributed by atoms with van der Waals surface area (Å²) in [6, 6.07) is 11.2. The minimum absolute atomic E-state index is 0.0143. The van der Waals surface area contributed by atoms with E-state index in [-0.39, 0.29) is 17.7 Å².